The molecule has 0 bridgehead atoms. The molecular weight excluding hydrogens is 192 g/mol. The van der Waals surface area contributed by atoms with Crippen LogP contribution in [0.3, 0.4) is 0 Å². The van der Waals surface area contributed by atoms with E-state index in [-0.39, 0.29) is 5.54 Å². The summed E-state index contributed by atoms with van der Waals surface area (Å²) in [4.78, 5) is 0. The molecule has 3 heteroatoms. The molecule has 0 aliphatic carbocycles. The summed E-state index contributed by atoms with van der Waals surface area (Å²) in [6.07, 6.45) is 0. The van der Waals surface area contributed by atoms with Crippen LogP contribution >= 0.6 is 11.8 Å². The van der Waals surface area contributed by atoms with E-state index in [0.29, 0.717) is 6.54 Å². The van der Waals surface area contributed by atoms with Crippen LogP contribution in [0.1, 0.15) is 5.56 Å². The minimum absolute atomic E-state index is 0.151. The van der Waals surface area contributed by atoms with Crippen molar-refractivity contribution in [3.8, 4) is 0 Å². The van der Waals surface area contributed by atoms with Gasteiger partial charge in [0.2, 0.25) is 0 Å². The number of nitrogens with one attached hydrogen (secondary N) is 1. The summed E-state index contributed by atoms with van der Waals surface area (Å²) in [5.41, 5.74) is 8.41. The first-order chi connectivity index (χ1) is 6.74. The number of nitrogens with two attached hydrogens (primary N) is 1. The van der Waals surface area contributed by atoms with Crippen molar-refractivity contribution in [2.75, 3.05) is 23.4 Å². The third-order valence-corrected chi connectivity index (χ3v) is 4.09. The summed E-state index contributed by atoms with van der Waals surface area (Å²) in [6.45, 7) is 2.82. The highest BCUT2D eigenvalue weighted by atomic mass is 32.2. The van der Waals surface area contributed by atoms with Gasteiger partial charge < -0.3 is 11.1 Å². The van der Waals surface area contributed by atoms with Crippen molar-refractivity contribution in [3.63, 3.8) is 0 Å². The van der Waals surface area contributed by atoms with Gasteiger partial charge in [-0.2, -0.15) is 11.8 Å². The van der Waals surface area contributed by atoms with Gasteiger partial charge in [0.25, 0.3) is 0 Å². The number of thioether (sulfide) groups is 1. The van der Waals surface area contributed by atoms with Gasteiger partial charge in [0.15, 0.2) is 0 Å². The molecule has 1 heterocycles. The zero-order valence-corrected chi connectivity index (χ0v) is 9.23. The molecule has 0 radical (unpaired) electrons. The quantitative estimate of drug-likeness (QED) is 0.796. The zero-order valence-electron chi connectivity index (χ0n) is 8.42. The first kappa shape index (κ1) is 9.87. The van der Waals surface area contributed by atoms with Crippen LogP contribution < -0.4 is 11.1 Å². The SMILES string of the molecule is Cc1cccc(NC2(CN)CSC2)c1. The van der Waals surface area contributed by atoms with Crippen LogP contribution in [0.25, 0.3) is 0 Å². The maximum atomic E-state index is 5.78. The van der Waals surface area contributed by atoms with Gasteiger partial charge in [-0.25, -0.2) is 0 Å². The predicted molar refractivity (Wildman–Crippen MR) is 63.9 cm³/mol. The summed E-state index contributed by atoms with van der Waals surface area (Å²) in [6, 6.07) is 8.46. The lowest BCUT2D eigenvalue weighted by Crippen LogP contribution is -2.56. The summed E-state index contributed by atoms with van der Waals surface area (Å²) in [5, 5.41) is 3.54. The number of anilines is 1. The molecule has 2 nitrogen and oxygen atoms in total. The van der Waals surface area contributed by atoms with Crippen molar-refractivity contribution < 1.29 is 0 Å². The normalized spacial score (nSPS) is 18.7. The summed E-state index contributed by atoms with van der Waals surface area (Å²) in [5.74, 6) is 2.24. The van der Waals surface area contributed by atoms with E-state index in [1.807, 2.05) is 11.8 Å². The van der Waals surface area contributed by atoms with Crippen molar-refractivity contribution in [3.05, 3.63) is 29.8 Å². The van der Waals surface area contributed by atoms with Crippen molar-refractivity contribution in [1.29, 1.82) is 0 Å². The molecule has 76 valence electrons. The summed E-state index contributed by atoms with van der Waals surface area (Å²) >= 11 is 1.95. The molecule has 1 aromatic rings. The fourth-order valence-corrected chi connectivity index (χ4v) is 2.70. The number of aryl methyl sites for hydroxylation is 1. The van der Waals surface area contributed by atoms with Crippen LogP contribution in [-0.2, 0) is 0 Å². The molecule has 0 saturated carbocycles. The van der Waals surface area contributed by atoms with Crippen LogP contribution in [0.2, 0.25) is 0 Å². The molecule has 2 rings (SSSR count). The Morgan fingerprint density at radius 1 is 1.50 bits per heavy atom. The molecule has 14 heavy (non-hydrogen) atoms. The van der Waals surface area contributed by atoms with Gasteiger partial charge in [0, 0.05) is 23.7 Å². The average molecular weight is 208 g/mol. The van der Waals surface area contributed by atoms with Gasteiger partial charge in [0.1, 0.15) is 0 Å². The van der Waals surface area contributed by atoms with E-state index in [1.165, 1.54) is 11.3 Å². The fraction of sp³-hybridized carbons (Fsp3) is 0.455. The Hall–Kier alpha value is -0.670. The molecule has 1 fully saturated rings. The van der Waals surface area contributed by atoms with Crippen LogP contribution in [0, 0.1) is 6.92 Å². The number of rotatable bonds is 3. The van der Waals surface area contributed by atoms with Crippen molar-refractivity contribution in [2.45, 2.75) is 12.5 Å². The van der Waals surface area contributed by atoms with E-state index in [2.05, 4.69) is 36.5 Å². The molecule has 3 N–H and O–H groups in total. The molecule has 1 aliphatic heterocycles. The fourth-order valence-electron chi connectivity index (χ4n) is 1.62. The second kappa shape index (κ2) is 3.83. The topological polar surface area (TPSA) is 38.0 Å². The van der Waals surface area contributed by atoms with Gasteiger partial charge in [-0.3, -0.25) is 0 Å². The summed E-state index contributed by atoms with van der Waals surface area (Å²) < 4.78 is 0. The predicted octanol–water partition coefficient (Wildman–Crippen LogP) is 1.85. The minimum Gasteiger partial charge on any atom is -0.377 e. The average Bonchev–Trinajstić information content (AvgIpc) is 2.11. The van der Waals surface area contributed by atoms with Gasteiger partial charge in [-0.05, 0) is 24.6 Å². The number of benzene rings is 1. The van der Waals surface area contributed by atoms with E-state index >= 15 is 0 Å². The highest BCUT2D eigenvalue weighted by Crippen LogP contribution is 2.32. The maximum absolute atomic E-state index is 5.78. The Morgan fingerprint density at radius 2 is 2.29 bits per heavy atom. The van der Waals surface area contributed by atoms with Crippen LogP contribution in [0.4, 0.5) is 5.69 Å². The van der Waals surface area contributed by atoms with Gasteiger partial charge in [-0.1, -0.05) is 12.1 Å². The van der Waals surface area contributed by atoms with Gasteiger partial charge in [0.05, 0.1) is 5.54 Å². The first-order valence-electron chi connectivity index (χ1n) is 4.87. The Kier molecular flexibility index (Phi) is 2.70. The smallest absolute Gasteiger partial charge is 0.0675 e. The van der Waals surface area contributed by atoms with Gasteiger partial charge in [-0.15, -0.1) is 0 Å². The Morgan fingerprint density at radius 3 is 2.79 bits per heavy atom. The molecule has 0 amide bonds. The number of hydrogen-bond donors (Lipinski definition) is 2. The lowest BCUT2D eigenvalue weighted by atomic mass is 10.0. The molecule has 0 atom stereocenters. The van der Waals surface area contributed by atoms with Gasteiger partial charge >= 0.3 is 0 Å². The minimum atomic E-state index is 0.151. The number of hydrogen-bond acceptors (Lipinski definition) is 3. The molecule has 1 aromatic carbocycles. The maximum Gasteiger partial charge on any atom is 0.0675 e. The molecule has 1 saturated heterocycles. The van der Waals surface area contributed by atoms with E-state index in [4.69, 9.17) is 5.73 Å². The standard InChI is InChI=1S/C11H16N2S/c1-9-3-2-4-10(5-9)13-11(6-12)7-14-8-11/h2-5,13H,6-8,12H2,1H3. The van der Waals surface area contributed by atoms with Crippen LogP contribution in [0.5, 0.6) is 0 Å². The Bertz CT molecular complexity index is 315. The highest BCUT2D eigenvalue weighted by molar-refractivity contribution is 8.00. The van der Waals surface area contributed by atoms with Crippen molar-refractivity contribution in [2.24, 2.45) is 5.73 Å². The van der Waals surface area contributed by atoms with E-state index < -0.39 is 0 Å². The first-order valence-corrected chi connectivity index (χ1v) is 6.02. The molecule has 1 aliphatic rings. The summed E-state index contributed by atoms with van der Waals surface area (Å²) in [7, 11) is 0. The van der Waals surface area contributed by atoms with E-state index in [0.717, 1.165) is 11.5 Å². The highest BCUT2D eigenvalue weighted by Gasteiger charge is 2.36. The second-order valence-electron chi connectivity index (χ2n) is 3.97. The van der Waals surface area contributed by atoms with E-state index in [9.17, 15) is 0 Å². The molecule has 0 spiro atoms. The lowest BCUT2D eigenvalue weighted by Gasteiger charge is -2.41. The Balaban J connectivity index is 2.09. The second-order valence-corrected chi connectivity index (χ2v) is 4.96. The zero-order chi connectivity index (χ0) is 10.0. The monoisotopic (exact) mass is 208 g/mol. The third kappa shape index (κ3) is 1.88. The van der Waals surface area contributed by atoms with Crippen LogP contribution in [0.15, 0.2) is 24.3 Å². The lowest BCUT2D eigenvalue weighted by molar-refractivity contribution is 0.572. The molecule has 0 unspecified atom stereocenters. The van der Waals surface area contributed by atoms with Crippen molar-refractivity contribution in [1.82, 2.24) is 0 Å². The van der Waals surface area contributed by atoms with Crippen molar-refractivity contribution >= 4 is 17.4 Å². The third-order valence-electron chi connectivity index (χ3n) is 2.58. The molecular formula is C11H16N2S. The van der Waals surface area contributed by atoms with Crippen LogP contribution in [-0.4, -0.2) is 23.6 Å². The Labute approximate surface area is 89.3 Å². The van der Waals surface area contributed by atoms with E-state index in [1.54, 1.807) is 0 Å². The largest absolute Gasteiger partial charge is 0.377 e. The molecule has 0 aromatic heterocycles.